The Kier molecular flexibility index (Phi) is 5.33. The highest BCUT2D eigenvalue weighted by Crippen LogP contribution is 2.24. The summed E-state index contributed by atoms with van der Waals surface area (Å²) in [6.07, 6.45) is 7.80. The number of anilines is 1. The van der Waals surface area contributed by atoms with Crippen molar-refractivity contribution in [3.63, 3.8) is 0 Å². The Morgan fingerprint density at radius 3 is 2.65 bits per heavy atom. The van der Waals surface area contributed by atoms with Crippen LogP contribution in [0.15, 0.2) is 35.7 Å². The van der Waals surface area contributed by atoms with E-state index in [9.17, 15) is 0 Å². The summed E-state index contributed by atoms with van der Waals surface area (Å²) in [6, 6.07) is 5.89. The number of thioether (sulfide) groups is 1. The number of nitrogens with zero attached hydrogens (tertiary/aromatic N) is 4. The Hall–Kier alpha value is -1.82. The summed E-state index contributed by atoms with van der Waals surface area (Å²) in [4.78, 5) is 15.4. The highest BCUT2D eigenvalue weighted by molar-refractivity contribution is 7.98. The van der Waals surface area contributed by atoms with Gasteiger partial charge in [0.2, 0.25) is 0 Å². The predicted molar refractivity (Wildman–Crippen MR) is 93.2 cm³/mol. The summed E-state index contributed by atoms with van der Waals surface area (Å²) in [7, 11) is 0. The topological polar surface area (TPSA) is 51.1 Å². The molecule has 5 nitrogen and oxygen atoms in total. The van der Waals surface area contributed by atoms with Gasteiger partial charge in [0.05, 0.1) is 6.61 Å². The Bertz CT molecular complexity index is 630. The quantitative estimate of drug-likeness (QED) is 0.620. The molecule has 0 spiro atoms. The highest BCUT2D eigenvalue weighted by Gasteiger charge is 2.21. The number of hydrogen-bond acceptors (Lipinski definition) is 6. The third-order valence-electron chi connectivity index (χ3n) is 4.08. The van der Waals surface area contributed by atoms with Crippen LogP contribution in [0, 0.1) is 12.8 Å². The molecule has 23 heavy (non-hydrogen) atoms. The van der Waals surface area contributed by atoms with Gasteiger partial charge in [-0.1, -0.05) is 11.8 Å². The van der Waals surface area contributed by atoms with Gasteiger partial charge in [0, 0.05) is 37.2 Å². The maximum absolute atomic E-state index is 5.85. The molecule has 0 bridgehead atoms. The van der Waals surface area contributed by atoms with Crippen molar-refractivity contribution in [1.29, 1.82) is 0 Å². The second kappa shape index (κ2) is 7.64. The molecule has 0 amide bonds. The zero-order valence-electron chi connectivity index (χ0n) is 13.6. The molecule has 0 aromatic carbocycles. The van der Waals surface area contributed by atoms with Gasteiger partial charge in [-0.3, -0.25) is 4.98 Å². The summed E-state index contributed by atoms with van der Waals surface area (Å²) in [5, 5.41) is 0.850. The lowest BCUT2D eigenvalue weighted by Gasteiger charge is -2.32. The summed E-state index contributed by atoms with van der Waals surface area (Å²) < 4.78 is 5.85. The standard InChI is InChI=1S/C17H22N4OS/c1-13-11-16(20-17(19-13)23-2)21-9-5-14(6-10-21)12-22-15-3-7-18-8-4-15/h3-4,7-8,11,14H,5-6,9-10,12H2,1-2H3. The molecule has 1 fully saturated rings. The predicted octanol–water partition coefficient (Wildman–Crippen LogP) is 3.20. The number of aryl methyl sites for hydroxylation is 1. The molecule has 0 aliphatic carbocycles. The van der Waals surface area contributed by atoms with Crippen molar-refractivity contribution in [3.05, 3.63) is 36.3 Å². The van der Waals surface area contributed by atoms with E-state index in [1.54, 1.807) is 24.2 Å². The largest absolute Gasteiger partial charge is 0.493 e. The van der Waals surface area contributed by atoms with Crippen molar-refractivity contribution in [3.8, 4) is 5.75 Å². The SMILES string of the molecule is CSc1nc(C)cc(N2CCC(COc3ccncc3)CC2)n1. The highest BCUT2D eigenvalue weighted by atomic mass is 32.2. The minimum absolute atomic E-state index is 0.599. The van der Waals surface area contributed by atoms with E-state index in [1.807, 2.05) is 25.3 Å². The van der Waals surface area contributed by atoms with Crippen molar-refractivity contribution in [2.24, 2.45) is 5.92 Å². The van der Waals surface area contributed by atoms with Gasteiger partial charge in [-0.05, 0) is 44.1 Å². The number of pyridine rings is 1. The molecule has 122 valence electrons. The minimum atomic E-state index is 0.599. The fraction of sp³-hybridized carbons (Fsp3) is 0.471. The Morgan fingerprint density at radius 2 is 1.96 bits per heavy atom. The van der Waals surface area contributed by atoms with Gasteiger partial charge in [0.25, 0.3) is 0 Å². The van der Waals surface area contributed by atoms with E-state index >= 15 is 0 Å². The average molecular weight is 330 g/mol. The van der Waals surface area contributed by atoms with Gasteiger partial charge in [0.15, 0.2) is 5.16 Å². The molecule has 0 radical (unpaired) electrons. The number of rotatable bonds is 5. The van der Waals surface area contributed by atoms with Gasteiger partial charge in [-0.25, -0.2) is 9.97 Å². The third kappa shape index (κ3) is 4.34. The lowest BCUT2D eigenvalue weighted by atomic mass is 9.98. The summed E-state index contributed by atoms with van der Waals surface area (Å²) in [5.41, 5.74) is 1.03. The van der Waals surface area contributed by atoms with Crippen molar-refractivity contribution >= 4 is 17.6 Å². The molecule has 1 aliphatic heterocycles. The fourth-order valence-corrected chi connectivity index (χ4v) is 3.18. The molecular weight excluding hydrogens is 308 g/mol. The van der Waals surface area contributed by atoms with Gasteiger partial charge in [-0.2, -0.15) is 0 Å². The third-order valence-corrected chi connectivity index (χ3v) is 4.62. The second-order valence-corrected chi connectivity index (χ2v) is 6.55. The van der Waals surface area contributed by atoms with Crippen molar-refractivity contribution in [1.82, 2.24) is 15.0 Å². The van der Waals surface area contributed by atoms with Crippen LogP contribution in [0.5, 0.6) is 5.75 Å². The van der Waals surface area contributed by atoms with Crippen LogP contribution in [0.2, 0.25) is 0 Å². The minimum Gasteiger partial charge on any atom is -0.493 e. The molecule has 3 rings (SSSR count). The first-order valence-electron chi connectivity index (χ1n) is 7.92. The van der Waals surface area contributed by atoms with E-state index < -0.39 is 0 Å². The Morgan fingerprint density at radius 1 is 1.22 bits per heavy atom. The molecular formula is C17H22N4OS. The lowest BCUT2D eigenvalue weighted by molar-refractivity contribution is 0.222. The maximum Gasteiger partial charge on any atom is 0.189 e. The second-order valence-electron chi connectivity index (χ2n) is 5.78. The van der Waals surface area contributed by atoms with E-state index in [0.29, 0.717) is 5.92 Å². The molecule has 1 saturated heterocycles. The first-order chi connectivity index (χ1) is 11.2. The number of hydrogen-bond donors (Lipinski definition) is 0. The number of ether oxygens (including phenoxy) is 1. The number of piperidine rings is 1. The zero-order chi connectivity index (χ0) is 16.1. The molecule has 6 heteroatoms. The molecule has 0 saturated carbocycles. The molecule has 3 heterocycles. The normalized spacial score (nSPS) is 15.7. The Labute approximate surface area is 141 Å². The van der Waals surface area contributed by atoms with Gasteiger partial charge >= 0.3 is 0 Å². The van der Waals surface area contributed by atoms with Crippen LogP contribution in [0.3, 0.4) is 0 Å². The molecule has 0 N–H and O–H groups in total. The van der Waals surface area contributed by atoms with Crippen LogP contribution in [-0.2, 0) is 0 Å². The lowest BCUT2D eigenvalue weighted by Crippen LogP contribution is -2.36. The van der Waals surface area contributed by atoms with E-state index in [-0.39, 0.29) is 0 Å². The molecule has 0 unspecified atom stereocenters. The molecule has 2 aromatic rings. The summed E-state index contributed by atoms with van der Waals surface area (Å²) >= 11 is 1.59. The van der Waals surface area contributed by atoms with Crippen molar-refractivity contribution in [2.75, 3.05) is 30.9 Å². The van der Waals surface area contributed by atoms with E-state index in [4.69, 9.17) is 4.74 Å². The molecule has 1 aliphatic rings. The first kappa shape index (κ1) is 16.1. The van der Waals surface area contributed by atoms with Crippen LogP contribution < -0.4 is 9.64 Å². The maximum atomic E-state index is 5.85. The van der Waals surface area contributed by atoms with Gasteiger partial charge in [0.1, 0.15) is 11.6 Å². The zero-order valence-corrected chi connectivity index (χ0v) is 14.4. The monoisotopic (exact) mass is 330 g/mol. The summed E-state index contributed by atoms with van der Waals surface area (Å²) in [5.74, 6) is 2.55. The number of aromatic nitrogens is 3. The van der Waals surface area contributed by atoms with E-state index in [0.717, 1.165) is 55.0 Å². The fourth-order valence-electron chi connectivity index (χ4n) is 2.76. The molecule has 0 atom stereocenters. The average Bonchev–Trinajstić information content (AvgIpc) is 2.60. The van der Waals surface area contributed by atoms with Crippen molar-refractivity contribution < 1.29 is 4.74 Å². The Balaban J connectivity index is 1.53. The van der Waals surface area contributed by atoms with E-state index in [1.165, 1.54) is 0 Å². The smallest absolute Gasteiger partial charge is 0.189 e. The first-order valence-corrected chi connectivity index (χ1v) is 9.14. The molecule has 2 aromatic heterocycles. The van der Waals surface area contributed by atoms with Crippen LogP contribution in [0.1, 0.15) is 18.5 Å². The van der Waals surface area contributed by atoms with E-state index in [2.05, 4.69) is 25.9 Å². The van der Waals surface area contributed by atoms with Crippen LogP contribution in [0.25, 0.3) is 0 Å². The van der Waals surface area contributed by atoms with Crippen molar-refractivity contribution in [2.45, 2.75) is 24.9 Å². The van der Waals surface area contributed by atoms with Crippen LogP contribution >= 0.6 is 11.8 Å². The van der Waals surface area contributed by atoms with Crippen LogP contribution in [0.4, 0.5) is 5.82 Å². The van der Waals surface area contributed by atoms with Gasteiger partial charge in [-0.15, -0.1) is 0 Å². The van der Waals surface area contributed by atoms with Crippen LogP contribution in [-0.4, -0.2) is 40.9 Å². The summed E-state index contributed by atoms with van der Waals surface area (Å²) in [6.45, 7) is 4.85. The van der Waals surface area contributed by atoms with Gasteiger partial charge < -0.3 is 9.64 Å².